The van der Waals surface area contributed by atoms with Crippen molar-refractivity contribution in [3.05, 3.63) is 29.3 Å². The number of hydrogen-bond acceptors (Lipinski definition) is 7. The first-order valence-electron chi connectivity index (χ1n) is 5.78. The second-order valence-electron chi connectivity index (χ2n) is 4.32. The molecule has 12 heteroatoms. The number of aromatic carboxylic acids is 2. The second kappa shape index (κ2) is 11.5. The van der Waals surface area contributed by atoms with Crippen molar-refractivity contribution in [3.8, 4) is 5.75 Å². The van der Waals surface area contributed by atoms with Crippen LogP contribution in [-0.4, -0.2) is 61.9 Å². The molecule has 8 nitrogen and oxygen atoms in total. The first kappa shape index (κ1) is 26.1. The molecular formula is C11H9Na3O8S. The molecule has 0 aromatic heterocycles. The van der Waals surface area contributed by atoms with E-state index in [0.29, 0.717) is 27.9 Å². The van der Waals surface area contributed by atoms with E-state index >= 15 is 0 Å². The van der Waals surface area contributed by atoms with Gasteiger partial charge in [-0.05, 0) is 0 Å². The summed E-state index contributed by atoms with van der Waals surface area (Å²) >= 11 is 0.382. The zero-order valence-corrected chi connectivity index (χ0v) is 19.8. The van der Waals surface area contributed by atoms with Crippen molar-refractivity contribution in [2.45, 2.75) is 9.77 Å². The minimum Gasteiger partial charge on any atom is 1.00 e. The van der Waals surface area contributed by atoms with Crippen LogP contribution in [0.15, 0.2) is 18.2 Å². The molecule has 0 aliphatic carbocycles. The molecule has 23 heavy (non-hydrogen) atoms. The predicted molar refractivity (Wildman–Crippen MR) is 66.3 cm³/mol. The summed E-state index contributed by atoms with van der Waals surface area (Å²) in [5.74, 6) is -3.71. The molecule has 0 fully saturated rings. The van der Waals surface area contributed by atoms with E-state index < -0.39 is 42.3 Å². The maximum absolute atomic E-state index is 10.8. The number of benzene rings is 1. The van der Waals surface area contributed by atoms with Gasteiger partial charge < -0.3 is 0 Å². The average Bonchev–Trinajstić information content (AvgIpc) is 2.35. The van der Waals surface area contributed by atoms with Crippen LogP contribution < -0.4 is 74.1 Å². The van der Waals surface area contributed by atoms with Crippen LogP contribution in [0.3, 0.4) is 0 Å². The number of carboxylic acid groups (broad SMARTS) is 2. The largest absolute Gasteiger partial charge is 1.00 e. The molecule has 0 aliphatic heterocycles. The van der Waals surface area contributed by atoms with Gasteiger partial charge in [-0.15, -0.1) is 0 Å². The molecule has 1 N–H and O–H groups in total. The van der Waals surface area contributed by atoms with E-state index in [4.69, 9.17) is 9.29 Å². The molecular weight excluding hydrogens is 361 g/mol. The molecule has 0 saturated heterocycles. The SMILES string of the molecule is O=C([O-])c1cc(O[CH]([Na])CCS(=O)(=O)O)cc(C(=O)[O-])c1.[Na+].[Na+]. The van der Waals surface area contributed by atoms with Crippen LogP contribution in [-0.2, 0) is 10.1 Å². The van der Waals surface area contributed by atoms with Gasteiger partial charge in [0.25, 0.3) is 0 Å². The molecule has 0 bridgehead atoms. The Bertz CT molecular complexity index is 629. The Hall–Kier alpha value is 0.870. The Morgan fingerprint density at radius 1 is 1.13 bits per heavy atom. The van der Waals surface area contributed by atoms with Gasteiger partial charge in [-0.1, -0.05) is 0 Å². The third-order valence-corrected chi connectivity index (χ3v) is 4.06. The minimum atomic E-state index is -4.12. The third kappa shape index (κ3) is 10.5. The summed E-state index contributed by atoms with van der Waals surface area (Å²) in [5.41, 5.74) is -0.786. The van der Waals surface area contributed by atoms with Crippen molar-refractivity contribution in [2.75, 3.05) is 5.75 Å². The van der Waals surface area contributed by atoms with Crippen molar-refractivity contribution in [1.82, 2.24) is 0 Å². The fraction of sp³-hybridized carbons (Fsp3) is 0.273. The topological polar surface area (TPSA) is 144 Å². The Balaban J connectivity index is 0. The summed E-state index contributed by atoms with van der Waals surface area (Å²) < 4.78 is 34.6. The van der Waals surface area contributed by atoms with E-state index in [1.807, 2.05) is 0 Å². The Kier molecular flexibility index (Phi) is 13.0. The van der Waals surface area contributed by atoms with Gasteiger partial charge in [0.1, 0.15) is 0 Å². The average molecular weight is 370 g/mol. The molecule has 1 atom stereocenters. The zero-order valence-electron chi connectivity index (χ0n) is 12.9. The molecule has 0 heterocycles. The van der Waals surface area contributed by atoms with Crippen molar-refractivity contribution in [2.24, 2.45) is 0 Å². The van der Waals surface area contributed by atoms with Gasteiger partial charge in [0, 0.05) is 0 Å². The van der Waals surface area contributed by atoms with Gasteiger partial charge in [0.15, 0.2) is 0 Å². The Labute approximate surface area is 194 Å². The van der Waals surface area contributed by atoms with E-state index in [1.54, 1.807) is 0 Å². The molecule has 0 amide bonds. The molecule has 1 aromatic rings. The number of ether oxygens (including phenoxy) is 1. The van der Waals surface area contributed by atoms with Gasteiger partial charge in [0.05, 0.1) is 0 Å². The summed E-state index contributed by atoms with van der Waals surface area (Å²) in [4.78, 5) is 21.6. The molecule has 0 spiro atoms. The molecule has 0 saturated carbocycles. The van der Waals surface area contributed by atoms with Gasteiger partial charge in [0.2, 0.25) is 0 Å². The van der Waals surface area contributed by atoms with Crippen molar-refractivity contribution < 1.29 is 96.6 Å². The van der Waals surface area contributed by atoms with Crippen LogP contribution in [0.25, 0.3) is 0 Å². The Morgan fingerprint density at radius 2 is 1.57 bits per heavy atom. The van der Waals surface area contributed by atoms with Crippen molar-refractivity contribution >= 4 is 50.0 Å². The van der Waals surface area contributed by atoms with Crippen LogP contribution in [0.1, 0.15) is 27.1 Å². The van der Waals surface area contributed by atoms with Crippen LogP contribution in [0, 0.1) is 0 Å². The van der Waals surface area contributed by atoms with Gasteiger partial charge in [-0.3, -0.25) is 0 Å². The minimum absolute atomic E-state index is 0. The Morgan fingerprint density at radius 3 is 1.91 bits per heavy atom. The second-order valence-corrected chi connectivity index (χ2v) is 7.18. The van der Waals surface area contributed by atoms with E-state index in [1.165, 1.54) is 0 Å². The fourth-order valence-corrected chi connectivity index (χ4v) is 3.12. The third-order valence-electron chi connectivity index (χ3n) is 2.50. The van der Waals surface area contributed by atoms with Crippen LogP contribution in [0.5, 0.6) is 5.75 Å². The van der Waals surface area contributed by atoms with Gasteiger partial charge >= 0.3 is 197 Å². The first-order chi connectivity index (χ1) is 9.58. The standard InChI is InChI=1S/C11H11O8S.3Na/c12-10(13)7-4-8(11(14)15)6-9(5-7)19-2-1-3-20(16,17)18;;;/h2,4-6H,1,3H2,(H,12,13)(H,14,15)(H,16,17,18);;;/q;;2*+1/p-2. The maximum Gasteiger partial charge on any atom is 1.00 e. The molecule has 0 aliphatic rings. The number of carbonyl (C=O) groups excluding carboxylic acids is 2. The molecule has 1 rings (SSSR count). The molecule has 1 unspecified atom stereocenters. The van der Waals surface area contributed by atoms with E-state index in [0.717, 1.165) is 18.2 Å². The van der Waals surface area contributed by atoms with Gasteiger partial charge in [-0.2, -0.15) is 0 Å². The number of carbonyl (C=O) groups is 2. The van der Waals surface area contributed by atoms with Crippen LogP contribution in [0.4, 0.5) is 0 Å². The number of carboxylic acids is 2. The quantitative estimate of drug-likeness (QED) is 0.368. The zero-order chi connectivity index (χ0) is 16.2. The fourth-order valence-electron chi connectivity index (χ4n) is 1.51. The van der Waals surface area contributed by atoms with E-state index in [9.17, 15) is 28.2 Å². The monoisotopic (exact) mass is 370 g/mol. The van der Waals surface area contributed by atoms with Crippen LogP contribution >= 0.6 is 0 Å². The summed E-state index contributed by atoms with van der Waals surface area (Å²) in [5, 5.41) is 21.6. The molecule has 0 radical (unpaired) electrons. The first-order valence-corrected chi connectivity index (χ1v) is 8.54. The van der Waals surface area contributed by atoms with Crippen molar-refractivity contribution in [3.63, 3.8) is 0 Å². The number of rotatable bonds is 7. The normalized spacial score (nSPS) is 11.6. The molecule has 1 aromatic carbocycles. The van der Waals surface area contributed by atoms with Crippen LogP contribution in [0.2, 0.25) is 0 Å². The van der Waals surface area contributed by atoms with Crippen molar-refractivity contribution in [1.29, 1.82) is 0 Å². The van der Waals surface area contributed by atoms with E-state index in [-0.39, 0.29) is 71.3 Å². The summed E-state index contributed by atoms with van der Waals surface area (Å²) in [6.45, 7) is 0. The number of hydrogen-bond donors (Lipinski definition) is 1. The smallest absolute Gasteiger partial charge is 1.00 e. The summed E-state index contributed by atoms with van der Waals surface area (Å²) in [6.07, 6.45) is 0.00125. The maximum atomic E-state index is 10.8. The molecule has 110 valence electrons. The predicted octanol–water partition coefficient (Wildman–Crippen LogP) is -8.43. The van der Waals surface area contributed by atoms with Gasteiger partial charge in [-0.25, -0.2) is 0 Å². The summed E-state index contributed by atoms with van der Waals surface area (Å²) in [7, 11) is -4.12. The summed E-state index contributed by atoms with van der Waals surface area (Å²) in [6, 6.07) is 3.01. The van der Waals surface area contributed by atoms with E-state index in [2.05, 4.69) is 0 Å².